The van der Waals surface area contributed by atoms with E-state index in [2.05, 4.69) is 26.6 Å². The minimum Gasteiger partial charge on any atom is -0.350 e. The number of aromatic nitrogens is 1. The number of fused-ring (bicyclic) bond motifs is 1. The maximum absolute atomic E-state index is 12.7. The van der Waals surface area contributed by atoms with Crippen LogP contribution in [0.2, 0.25) is 5.02 Å². The number of nitrogens with one attached hydrogen (secondary N) is 1. The predicted octanol–water partition coefficient (Wildman–Crippen LogP) is 4.29. The molecule has 1 aromatic carbocycles. The van der Waals surface area contributed by atoms with Gasteiger partial charge in [0.25, 0.3) is 5.91 Å². The Morgan fingerprint density at radius 2 is 2.12 bits per heavy atom. The van der Waals surface area contributed by atoms with Crippen molar-refractivity contribution >= 4 is 39.7 Å². The Morgan fingerprint density at radius 1 is 1.32 bits per heavy atom. The van der Waals surface area contributed by atoms with Crippen molar-refractivity contribution in [1.82, 2.24) is 15.2 Å². The molecule has 0 spiro atoms. The van der Waals surface area contributed by atoms with Crippen molar-refractivity contribution in [1.29, 1.82) is 0 Å². The molecule has 2 heterocycles. The van der Waals surface area contributed by atoms with E-state index >= 15 is 0 Å². The Morgan fingerprint density at radius 3 is 2.80 bits per heavy atom. The number of thiophene rings is 1. The molecule has 1 N–H and O–H groups in total. The zero-order chi connectivity index (χ0) is 18.0. The molecule has 0 aliphatic heterocycles. The van der Waals surface area contributed by atoms with E-state index in [-0.39, 0.29) is 11.9 Å². The van der Waals surface area contributed by atoms with Crippen molar-refractivity contribution in [3.05, 3.63) is 62.9 Å². The molecule has 4 nitrogen and oxygen atoms in total. The molecule has 6 heteroatoms. The molecule has 25 heavy (non-hydrogen) atoms. The molecule has 0 aliphatic carbocycles. The highest BCUT2D eigenvalue weighted by molar-refractivity contribution is 7.10. The molecule has 0 radical (unpaired) electrons. The van der Waals surface area contributed by atoms with Crippen LogP contribution in [0.3, 0.4) is 0 Å². The van der Waals surface area contributed by atoms with Gasteiger partial charge in [-0.3, -0.25) is 9.78 Å². The largest absolute Gasteiger partial charge is 0.350 e. The van der Waals surface area contributed by atoms with Gasteiger partial charge in [-0.15, -0.1) is 11.3 Å². The van der Waals surface area contributed by atoms with Crippen molar-refractivity contribution in [3.8, 4) is 0 Å². The van der Waals surface area contributed by atoms with Gasteiger partial charge >= 0.3 is 0 Å². The number of nitrogens with zero attached hydrogens (tertiary/aromatic N) is 2. The van der Waals surface area contributed by atoms with Crippen LogP contribution in [0.4, 0.5) is 0 Å². The number of carbonyl (C=O) groups is 1. The summed E-state index contributed by atoms with van der Waals surface area (Å²) < 4.78 is 0. The van der Waals surface area contributed by atoms with Crippen LogP contribution in [0, 0.1) is 6.92 Å². The van der Waals surface area contributed by atoms with Gasteiger partial charge in [-0.05, 0) is 56.7 Å². The van der Waals surface area contributed by atoms with Gasteiger partial charge in [-0.2, -0.15) is 0 Å². The summed E-state index contributed by atoms with van der Waals surface area (Å²) in [6.45, 7) is 2.39. The first-order valence-corrected chi connectivity index (χ1v) is 9.26. The summed E-state index contributed by atoms with van der Waals surface area (Å²) in [4.78, 5) is 20.5. The van der Waals surface area contributed by atoms with Crippen molar-refractivity contribution in [2.75, 3.05) is 20.6 Å². The van der Waals surface area contributed by atoms with Crippen molar-refractivity contribution in [2.24, 2.45) is 0 Å². The van der Waals surface area contributed by atoms with E-state index in [1.807, 2.05) is 45.3 Å². The van der Waals surface area contributed by atoms with Crippen LogP contribution in [0.15, 0.2) is 41.8 Å². The van der Waals surface area contributed by atoms with Crippen molar-refractivity contribution in [2.45, 2.75) is 13.0 Å². The number of benzene rings is 1. The lowest BCUT2D eigenvalue weighted by Crippen LogP contribution is -2.34. The van der Waals surface area contributed by atoms with Gasteiger partial charge in [-0.25, -0.2) is 0 Å². The number of rotatable bonds is 5. The predicted molar refractivity (Wildman–Crippen MR) is 105 cm³/mol. The lowest BCUT2D eigenvalue weighted by atomic mass is 10.1. The van der Waals surface area contributed by atoms with Gasteiger partial charge in [0, 0.05) is 21.8 Å². The molecule has 0 aliphatic rings. The van der Waals surface area contributed by atoms with Crippen LogP contribution >= 0.6 is 22.9 Å². The third-order valence-corrected chi connectivity index (χ3v) is 5.37. The summed E-state index contributed by atoms with van der Waals surface area (Å²) in [5.41, 5.74) is 2.13. The maximum Gasteiger partial charge on any atom is 0.253 e. The Bertz CT molecular complexity index is 893. The van der Waals surface area contributed by atoms with E-state index in [0.29, 0.717) is 22.8 Å². The fourth-order valence-corrected chi connectivity index (χ4v) is 3.88. The molecule has 0 fully saturated rings. The van der Waals surface area contributed by atoms with Gasteiger partial charge in [0.15, 0.2) is 0 Å². The number of hydrogen-bond acceptors (Lipinski definition) is 4. The van der Waals surface area contributed by atoms with Gasteiger partial charge in [-0.1, -0.05) is 17.7 Å². The summed E-state index contributed by atoms with van der Waals surface area (Å²) in [5.74, 6) is -0.115. The van der Waals surface area contributed by atoms with Crippen LogP contribution in [0.25, 0.3) is 10.9 Å². The monoisotopic (exact) mass is 373 g/mol. The molecule has 3 aromatic rings. The first-order chi connectivity index (χ1) is 12.0. The molecule has 130 valence electrons. The molecule has 3 rings (SSSR count). The number of pyridine rings is 1. The van der Waals surface area contributed by atoms with E-state index in [1.165, 1.54) is 4.88 Å². The Labute approximate surface area is 156 Å². The zero-order valence-electron chi connectivity index (χ0n) is 14.4. The van der Waals surface area contributed by atoms with Gasteiger partial charge in [0.2, 0.25) is 0 Å². The number of carbonyl (C=O) groups excluding carboxylic acids is 1. The quantitative estimate of drug-likeness (QED) is 0.725. The highest BCUT2D eigenvalue weighted by Gasteiger charge is 2.18. The fourth-order valence-electron chi connectivity index (χ4n) is 2.78. The van der Waals surface area contributed by atoms with E-state index < -0.39 is 0 Å². The van der Waals surface area contributed by atoms with Crippen molar-refractivity contribution in [3.63, 3.8) is 0 Å². The SMILES string of the molecule is Cc1nc2ccc(Cl)cc2cc1C(=O)NCC(c1cccs1)N(C)C. The average Bonchev–Trinajstić information content (AvgIpc) is 3.08. The number of halogens is 1. The first-order valence-electron chi connectivity index (χ1n) is 8.00. The number of hydrogen-bond donors (Lipinski definition) is 1. The summed E-state index contributed by atoms with van der Waals surface area (Å²) in [7, 11) is 4.03. The van der Waals surface area contributed by atoms with Gasteiger partial charge in [0.05, 0.1) is 22.8 Å². The first kappa shape index (κ1) is 17.9. The van der Waals surface area contributed by atoms with Crippen LogP contribution in [0.1, 0.15) is 27.0 Å². The maximum atomic E-state index is 12.7. The minimum atomic E-state index is -0.115. The highest BCUT2D eigenvalue weighted by atomic mass is 35.5. The van der Waals surface area contributed by atoms with Crippen molar-refractivity contribution < 1.29 is 4.79 Å². The minimum absolute atomic E-state index is 0.115. The second-order valence-corrected chi connectivity index (χ2v) is 7.58. The fraction of sp³-hybridized carbons (Fsp3) is 0.263. The lowest BCUT2D eigenvalue weighted by Gasteiger charge is -2.23. The summed E-state index contributed by atoms with van der Waals surface area (Å²) in [6, 6.07) is 11.6. The van der Waals surface area contributed by atoms with E-state index in [1.54, 1.807) is 17.4 Å². The third-order valence-electron chi connectivity index (χ3n) is 4.16. The zero-order valence-corrected chi connectivity index (χ0v) is 16.0. The van der Waals surface area contributed by atoms with Gasteiger partial charge in [0.1, 0.15) is 0 Å². The van der Waals surface area contributed by atoms with Gasteiger partial charge < -0.3 is 10.2 Å². The molecule has 2 aromatic heterocycles. The number of amides is 1. The smallest absolute Gasteiger partial charge is 0.253 e. The standard InChI is InChI=1S/C19H20ClN3OS/c1-12-15(10-13-9-14(20)6-7-16(13)22-12)19(24)21-11-17(23(2)3)18-5-4-8-25-18/h4-10,17H,11H2,1-3H3,(H,21,24). The van der Waals surface area contributed by atoms with Crippen LogP contribution in [-0.2, 0) is 0 Å². The van der Waals surface area contributed by atoms with Crippen LogP contribution < -0.4 is 5.32 Å². The molecular formula is C19H20ClN3OS. The topological polar surface area (TPSA) is 45.2 Å². The molecule has 1 amide bonds. The van der Waals surface area contributed by atoms with E-state index in [9.17, 15) is 4.79 Å². The van der Waals surface area contributed by atoms with Crippen LogP contribution in [0.5, 0.6) is 0 Å². The molecule has 0 bridgehead atoms. The lowest BCUT2D eigenvalue weighted by molar-refractivity contribution is 0.0941. The Balaban J connectivity index is 1.81. The Hall–Kier alpha value is -1.95. The van der Waals surface area contributed by atoms with E-state index in [4.69, 9.17) is 11.6 Å². The molecule has 1 atom stereocenters. The summed E-state index contributed by atoms with van der Waals surface area (Å²) >= 11 is 7.75. The molecule has 0 saturated carbocycles. The third kappa shape index (κ3) is 4.00. The highest BCUT2D eigenvalue weighted by Crippen LogP contribution is 2.23. The Kier molecular flexibility index (Phi) is 5.37. The number of aryl methyl sites for hydroxylation is 1. The average molecular weight is 374 g/mol. The van der Waals surface area contributed by atoms with Crippen LogP contribution in [-0.4, -0.2) is 36.4 Å². The number of likely N-dealkylation sites (N-methyl/N-ethyl adjacent to an activating group) is 1. The van der Waals surface area contributed by atoms with E-state index in [0.717, 1.165) is 10.9 Å². The molecule has 0 saturated heterocycles. The second-order valence-electron chi connectivity index (χ2n) is 6.16. The molecule has 1 unspecified atom stereocenters. The second kappa shape index (κ2) is 7.52. The summed E-state index contributed by atoms with van der Waals surface area (Å²) in [6.07, 6.45) is 0. The normalized spacial score (nSPS) is 12.5. The summed E-state index contributed by atoms with van der Waals surface area (Å²) in [5, 5.41) is 6.59. The molecular weight excluding hydrogens is 354 g/mol.